The maximum Gasteiger partial charge on any atom is 2.00 e. The Hall–Kier alpha value is -1.56. The predicted molar refractivity (Wildman–Crippen MR) is 94.9 cm³/mol. The molecule has 0 radical (unpaired) electrons. The van der Waals surface area contributed by atoms with Crippen molar-refractivity contribution in [3.8, 4) is 0 Å². The van der Waals surface area contributed by atoms with Gasteiger partial charge in [0, 0.05) is 0 Å². The molecular formula is C21H24Fe2. The molecule has 0 bridgehead atoms. The summed E-state index contributed by atoms with van der Waals surface area (Å²) < 4.78 is 0. The zero-order valence-corrected chi connectivity index (χ0v) is 14.5. The first-order valence-corrected chi connectivity index (χ1v) is 6.67. The van der Waals surface area contributed by atoms with E-state index in [0.717, 1.165) is 0 Å². The van der Waals surface area contributed by atoms with Crippen LogP contribution in [0.5, 0.6) is 0 Å². The molecule has 2 heteroatoms. The quantitative estimate of drug-likeness (QED) is 0.247. The standard InChI is InChI=1S/4C5H5.CH4.2Fe/c4*1-2-4-5-3-1;;;/h4*1-5H;1H4;;/q4*-1;;2*+2. The van der Waals surface area contributed by atoms with Gasteiger partial charge in [-0.3, -0.25) is 0 Å². The summed E-state index contributed by atoms with van der Waals surface area (Å²) in [6, 6.07) is 40.0. The van der Waals surface area contributed by atoms with Crippen LogP contribution >= 0.6 is 0 Å². The Morgan fingerprint density at radius 2 is 0.435 bits per heavy atom. The molecule has 0 aromatic heterocycles. The van der Waals surface area contributed by atoms with Gasteiger partial charge in [-0.1, -0.05) is 7.43 Å². The third kappa shape index (κ3) is 20.4. The first kappa shape index (κ1) is 26.3. The van der Waals surface area contributed by atoms with Gasteiger partial charge in [-0.2, -0.15) is 72.8 Å². The van der Waals surface area contributed by atoms with Crippen LogP contribution < -0.4 is 0 Å². The van der Waals surface area contributed by atoms with Gasteiger partial charge in [-0.25, -0.2) is 48.5 Å². The van der Waals surface area contributed by atoms with E-state index < -0.39 is 0 Å². The van der Waals surface area contributed by atoms with Gasteiger partial charge < -0.3 is 0 Å². The minimum Gasteiger partial charge on any atom is -0.214 e. The molecule has 0 saturated heterocycles. The van der Waals surface area contributed by atoms with Gasteiger partial charge in [0.25, 0.3) is 0 Å². The van der Waals surface area contributed by atoms with Crippen LogP contribution in [0.4, 0.5) is 0 Å². The topological polar surface area (TPSA) is 0 Å². The van der Waals surface area contributed by atoms with E-state index in [4.69, 9.17) is 0 Å². The first-order valence-electron chi connectivity index (χ1n) is 6.67. The Balaban J connectivity index is -0.000000222. The van der Waals surface area contributed by atoms with Crippen LogP contribution in [0.3, 0.4) is 0 Å². The smallest absolute Gasteiger partial charge is 0.214 e. The summed E-state index contributed by atoms with van der Waals surface area (Å²) in [6.45, 7) is 0. The molecule has 4 aromatic rings. The zero-order chi connectivity index (χ0) is 14.1. The molecular weight excluding hydrogens is 364 g/mol. The summed E-state index contributed by atoms with van der Waals surface area (Å²) in [5, 5.41) is 0. The number of hydrogen-bond acceptors (Lipinski definition) is 0. The molecule has 0 aliphatic carbocycles. The molecule has 0 aliphatic rings. The predicted octanol–water partition coefficient (Wildman–Crippen LogP) is 6.25. The minimum atomic E-state index is 0. The molecule has 0 N–H and O–H groups in total. The second kappa shape index (κ2) is 22.7. The van der Waals surface area contributed by atoms with Crippen LogP contribution in [-0.2, 0) is 34.1 Å². The fourth-order valence-electron chi connectivity index (χ4n) is 1.28. The van der Waals surface area contributed by atoms with Crippen molar-refractivity contribution in [2.45, 2.75) is 7.43 Å². The van der Waals surface area contributed by atoms with E-state index in [1.165, 1.54) is 0 Å². The maximum atomic E-state index is 2.00. The number of hydrogen-bond donors (Lipinski definition) is 0. The molecule has 0 heterocycles. The summed E-state index contributed by atoms with van der Waals surface area (Å²) in [7, 11) is 0. The second-order valence-corrected chi connectivity index (χ2v) is 3.85. The molecule has 0 nitrogen and oxygen atoms in total. The Morgan fingerprint density at radius 3 is 0.478 bits per heavy atom. The maximum absolute atomic E-state index is 2.00. The molecule has 0 amide bonds. The van der Waals surface area contributed by atoms with E-state index >= 15 is 0 Å². The van der Waals surface area contributed by atoms with E-state index in [1.54, 1.807) is 0 Å². The third-order valence-corrected chi connectivity index (χ3v) is 2.22. The summed E-state index contributed by atoms with van der Waals surface area (Å²) in [6.07, 6.45) is 0. The van der Waals surface area contributed by atoms with Crippen LogP contribution in [0.25, 0.3) is 0 Å². The van der Waals surface area contributed by atoms with Crippen LogP contribution in [0.15, 0.2) is 121 Å². The largest absolute Gasteiger partial charge is 2.00 e. The molecule has 0 saturated carbocycles. The fraction of sp³-hybridized carbons (Fsp3) is 0.0476. The number of rotatable bonds is 0. The van der Waals surface area contributed by atoms with Gasteiger partial charge in [0.15, 0.2) is 0 Å². The van der Waals surface area contributed by atoms with Crippen molar-refractivity contribution in [3.05, 3.63) is 121 Å². The Morgan fingerprint density at radius 1 is 0.304 bits per heavy atom. The normalized spacial score (nSPS) is 6.96. The van der Waals surface area contributed by atoms with Crippen molar-refractivity contribution in [3.63, 3.8) is 0 Å². The van der Waals surface area contributed by atoms with Crippen molar-refractivity contribution in [2.24, 2.45) is 0 Å². The van der Waals surface area contributed by atoms with E-state index in [0.29, 0.717) is 0 Å². The zero-order valence-electron chi connectivity index (χ0n) is 12.3. The second-order valence-electron chi connectivity index (χ2n) is 3.85. The summed E-state index contributed by atoms with van der Waals surface area (Å²) in [5.74, 6) is 0. The summed E-state index contributed by atoms with van der Waals surface area (Å²) >= 11 is 0. The van der Waals surface area contributed by atoms with Gasteiger partial charge in [-0.15, -0.1) is 0 Å². The van der Waals surface area contributed by atoms with Crippen molar-refractivity contribution in [1.82, 2.24) is 0 Å². The first-order chi connectivity index (χ1) is 10.0. The molecule has 4 rings (SSSR count). The van der Waals surface area contributed by atoms with Crippen molar-refractivity contribution in [1.29, 1.82) is 0 Å². The van der Waals surface area contributed by atoms with E-state index in [1.807, 2.05) is 121 Å². The summed E-state index contributed by atoms with van der Waals surface area (Å²) in [4.78, 5) is 0. The molecule has 0 spiro atoms. The Labute approximate surface area is 162 Å². The Kier molecular flexibility index (Phi) is 26.0. The molecule has 124 valence electrons. The van der Waals surface area contributed by atoms with Crippen LogP contribution in [0.2, 0.25) is 0 Å². The van der Waals surface area contributed by atoms with Crippen LogP contribution in [-0.4, -0.2) is 0 Å². The molecule has 4 aromatic carbocycles. The average Bonchev–Trinajstić information content (AvgIpc) is 3.40. The van der Waals surface area contributed by atoms with E-state index in [9.17, 15) is 0 Å². The molecule has 0 atom stereocenters. The van der Waals surface area contributed by atoms with Crippen molar-refractivity contribution < 1.29 is 34.1 Å². The van der Waals surface area contributed by atoms with E-state index in [-0.39, 0.29) is 41.6 Å². The Bertz CT molecular complexity index is 341. The van der Waals surface area contributed by atoms with Gasteiger partial charge >= 0.3 is 34.1 Å². The summed E-state index contributed by atoms with van der Waals surface area (Å²) in [5.41, 5.74) is 0. The van der Waals surface area contributed by atoms with Crippen molar-refractivity contribution in [2.75, 3.05) is 0 Å². The van der Waals surface area contributed by atoms with Gasteiger partial charge in [-0.05, 0) is 0 Å². The average molecular weight is 388 g/mol. The third-order valence-electron chi connectivity index (χ3n) is 2.22. The minimum absolute atomic E-state index is 0. The molecule has 0 fully saturated rings. The van der Waals surface area contributed by atoms with E-state index in [2.05, 4.69) is 0 Å². The fourth-order valence-corrected chi connectivity index (χ4v) is 1.28. The van der Waals surface area contributed by atoms with Gasteiger partial charge in [0.05, 0.1) is 0 Å². The molecule has 0 unspecified atom stereocenters. The molecule has 0 aliphatic heterocycles. The van der Waals surface area contributed by atoms with Crippen LogP contribution in [0.1, 0.15) is 7.43 Å². The van der Waals surface area contributed by atoms with Gasteiger partial charge in [0.2, 0.25) is 0 Å². The molecule has 23 heavy (non-hydrogen) atoms. The SMILES string of the molecule is C.[Fe+2].[Fe+2].c1cc[cH-]c1.c1cc[cH-]c1.c1cc[cH-]c1.c1cc[cH-]c1. The monoisotopic (exact) mass is 388 g/mol. The van der Waals surface area contributed by atoms with Crippen LogP contribution in [0, 0.1) is 0 Å². The van der Waals surface area contributed by atoms with Gasteiger partial charge in [0.1, 0.15) is 0 Å². The van der Waals surface area contributed by atoms with Crippen molar-refractivity contribution >= 4 is 0 Å².